The van der Waals surface area contributed by atoms with Gasteiger partial charge in [-0.15, -0.1) is 0 Å². The average molecular weight is 437 g/mol. The van der Waals surface area contributed by atoms with Crippen molar-refractivity contribution in [1.29, 1.82) is 0 Å². The number of esters is 1. The van der Waals surface area contributed by atoms with Crippen molar-refractivity contribution in [2.24, 2.45) is 0 Å². The number of fused-ring (bicyclic) bond motifs is 1. The van der Waals surface area contributed by atoms with Gasteiger partial charge in [-0.2, -0.15) is 0 Å². The van der Waals surface area contributed by atoms with Crippen molar-refractivity contribution < 1.29 is 28.6 Å². The van der Waals surface area contributed by atoms with E-state index in [0.29, 0.717) is 37.7 Å². The van der Waals surface area contributed by atoms with Crippen molar-refractivity contribution in [3.63, 3.8) is 0 Å². The second-order valence-corrected chi connectivity index (χ2v) is 7.22. The zero-order valence-electron chi connectivity index (χ0n) is 17.4. The van der Waals surface area contributed by atoms with Crippen LogP contribution >= 0.6 is 0 Å². The molecule has 0 saturated carbocycles. The van der Waals surface area contributed by atoms with Gasteiger partial charge in [0.1, 0.15) is 0 Å². The summed E-state index contributed by atoms with van der Waals surface area (Å²) in [7, 11) is 0. The maximum Gasteiger partial charge on any atom is 0.331 e. The lowest BCUT2D eigenvalue weighted by molar-refractivity contribution is -0.148. The number of amides is 3. The number of ether oxygens (including phenoxy) is 3. The van der Waals surface area contributed by atoms with Gasteiger partial charge in [0.15, 0.2) is 18.1 Å². The third-order valence-corrected chi connectivity index (χ3v) is 5.09. The monoisotopic (exact) mass is 437 g/mol. The van der Waals surface area contributed by atoms with E-state index in [1.54, 1.807) is 34.1 Å². The van der Waals surface area contributed by atoms with Crippen LogP contribution < -0.4 is 14.8 Å². The van der Waals surface area contributed by atoms with Crippen molar-refractivity contribution in [3.8, 4) is 11.5 Å². The van der Waals surface area contributed by atoms with E-state index in [-0.39, 0.29) is 25.3 Å². The molecule has 2 aromatic carbocycles. The number of benzene rings is 2. The Morgan fingerprint density at radius 1 is 0.938 bits per heavy atom. The fourth-order valence-corrected chi connectivity index (χ4v) is 3.34. The summed E-state index contributed by atoms with van der Waals surface area (Å²) in [5.41, 5.74) is 1.47. The van der Waals surface area contributed by atoms with Crippen LogP contribution in [0.25, 0.3) is 6.08 Å². The van der Waals surface area contributed by atoms with Gasteiger partial charge in [0, 0.05) is 37.9 Å². The van der Waals surface area contributed by atoms with Crippen molar-refractivity contribution in [2.75, 3.05) is 44.9 Å². The van der Waals surface area contributed by atoms with Gasteiger partial charge in [0.05, 0.1) is 0 Å². The second kappa shape index (κ2) is 9.86. The molecule has 0 bridgehead atoms. The zero-order chi connectivity index (χ0) is 22.3. The van der Waals surface area contributed by atoms with E-state index in [0.717, 1.165) is 11.3 Å². The third-order valence-electron chi connectivity index (χ3n) is 5.09. The summed E-state index contributed by atoms with van der Waals surface area (Å²) in [5, 5.41) is 2.83. The normalized spacial score (nSPS) is 15.0. The maximum atomic E-state index is 12.3. The molecule has 166 valence electrons. The van der Waals surface area contributed by atoms with Crippen LogP contribution in [0.3, 0.4) is 0 Å². The number of hydrogen-bond donors (Lipinski definition) is 1. The molecule has 0 atom stereocenters. The molecule has 0 radical (unpaired) electrons. The minimum atomic E-state index is -0.614. The Hall–Kier alpha value is -4.01. The van der Waals surface area contributed by atoms with E-state index >= 15 is 0 Å². The van der Waals surface area contributed by atoms with Crippen molar-refractivity contribution in [1.82, 2.24) is 9.80 Å². The number of nitrogens with one attached hydrogen (secondary N) is 1. The van der Waals surface area contributed by atoms with Gasteiger partial charge in [0.25, 0.3) is 5.91 Å². The summed E-state index contributed by atoms with van der Waals surface area (Å²) >= 11 is 0. The highest BCUT2D eigenvalue weighted by atomic mass is 16.7. The Kier molecular flexibility index (Phi) is 6.54. The van der Waals surface area contributed by atoms with Crippen LogP contribution in [0.1, 0.15) is 5.56 Å². The largest absolute Gasteiger partial charge is 0.454 e. The SMILES string of the molecule is O=C(/C=C/c1ccc2c(c1)OCO2)OCC(=O)N1CCN(C(=O)Nc2ccccc2)CC1. The van der Waals surface area contributed by atoms with Gasteiger partial charge in [0.2, 0.25) is 6.79 Å². The van der Waals surface area contributed by atoms with Crippen LogP contribution in [0.2, 0.25) is 0 Å². The van der Waals surface area contributed by atoms with Crippen molar-refractivity contribution in [3.05, 3.63) is 60.2 Å². The van der Waals surface area contributed by atoms with E-state index in [4.69, 9.17) is 14.2 Å². The summed E-state index contributed by atoms with van der Waals surface area (Å²) in [6.07, 6.45) is 2.84. The highest BCUT2D eigenvalue weighted by Gasteiger charge is 2.24. The van der Waals surface area contributed by atoms with Crippen LogP contribution in [0, 0.1) is 0 Å². The number of nitrogens with zero attached hydrogens (tertiary/aromatic N) is 2. The number of piperazine rings is 1. The molecule has 1 fully saturated rings. The molecule has 9 nitrogen and oxygen atoms in total. The fraction of sp³-hybridized carbons (Fsp3) is 0.261. The van der Waals surface area contributed by atoms with E-state index in [1.165, 1.54) is 6.08 Å². The standard InChI is InChI=1S/C23H23N3O6/c27-21(15-30-22(28)9-7-17-6-8-19-20(14-17)32-16-31-19)25-10-12-26(13-11-25)23(29)24-18-4-2-1-3-5-18/h1-9,14H,10-13,15-16H2,(H,24,29)/b9-7+. The first kappa shape index (κ1) is 21.2. The number of carbonyl (C=O) groups excluding carboxylic acids is 3. The van der Waals surface area contributed by atoms with Gasteiger partial charge in [-0.1, -0.05) is 24.3 Å². The molecule has 2 aromatic rings. The highest BCUT2D eigenvalue weighted by Crippen LogP contribution is 2.32. The summed E-state index contributed by atoms with van der Waals surface area (Å²) in [4.78, 5) is 39.9. The number of urea groups is 1. The molecule has 9 heteroatoms. The van der Waals surface area contributed by atoms with Gasteiger partial charge < -0.3 is 29.3 Å². The molecular formula is C23H23N3O6. The lowest BCUT2D eigenvalue weighted by atomic mass is 10.2. The Morgan fingerprint density at radius 3 is 2.44 bits per heavy atom. The predicted octanol–water partition coefficient (Wildman–Crippen LogP) is 2.35. The molecule has 3 amide bonds. The number of hydrogen-bond acceptors (Lipinski definition) is 6. The second-order valence-electron chi connectivity index (χ2n) is 7.22. The molecule has 0 spiro atoms. The first-order valence-electron chi connectivity index (χ1n) is 10.2. The summed E-state index contributed by atoms with van der Waals surface area (Å²) in [6.45, 7) is 1.40. The quantitative estimate of drug-likeness (QED) is 0.570. The fourth-order valence-electron chi connectivity index (χ4n) is 3.34. The first-order chi connectivity index (χ1) is 15.6. The van der Waals surface area contributed by atoms with Gasteiger partial charge in [-0.3, -0.25) is 4.79 Å². The Balaban J connectivity index is 1.18. The van der Waals surface area contributed by atoms with E-state index in [9.17, 15) is 14.4 Å². The Bertz CT molecular complexity index is 1020. The van der Waals surface area contributed by atoms with Crippen LogP contribution in [0.15, 0.2) is 54.6 Å². The van der Waals surface area contributed by atoms with E-state index in [2.05, 4.69) is 5.32 Å². The van der Waals surface area contributed by atoms with Crippen LogP contribution in [-0.2, 0) is 14.3 Å². The third kappa shape index (κ3) is 5.37. The summed E-state index contributed by atoms with van der Waals surface area (Å²) < 4.78 is 15.6. The highest BCUT2D eigenvalue weighted by molar-refractivity contribution is 5.90. The molecule has 0 unspecified atom stereocenters. The molecular weight excluding hydrogens is 414 g/mol. The molecule has 0 aromatic heterocycles. The van der Waals surface area contributed by atoms with E-state index in [1.807, 2.05) is 30.3 Å². The van der Waals surface area contributed by atoms with Crippen LogP contribution in [0.5, 0.6) is 11.5 Å². The zero-order valence-corrected chi connectivity index (χ0v) is 17.4. The van der Waals surface area contributed by atoms with Crippen LogP contribution in [0.4, 0.5) is 10.5 Å². The topological polar surface area (TPSA) is 97.4 Å². The summed E-state index contributed by atoms with van der Waals surface area (Å²) in [5.74, 6) is 0.370. The molecule has 2 aliphatic heterocycles. The molecule has 2 heterocycles. The van der Waals surface area contributed by atoms with E-state index < -0.39 is 5.97 Å². The van der Waals surface area contributed by atoms with Gasteiger partial charge in [-0.25, -0.2) is 9.59 Å². The van der Waals surface area contributed by atoms with Gasteiger partial charge in [-0.05, 0) is 35.9 Å². The Morgan fingerprint density at radius 2 is 1.66 bits per heavy atom. The molecule has 1 N–H and O–H groups in total. The Labute approximate surface area is 185 Å². The number of rotatable bonds is 5. The smallest absolute Gasteiger partial charge is 0.331 e. The average Bonchev–Trinajstić information content (AvgIpc) is 3.30. The lowest BCUT2D eigenvalue weighted by Crippen LogP contribution is -2.52. The molecule has 1 saturated heterocycles. The number of para-hydroxylation sites is 1. The number of anilines is 1. The molecule has 0 aliphatic carbocycles. The van der Waals surface area contributed by atoms with Crippen molar-refractivity contribution >= 4 is 29.7 Å². The minimum absolute atomic E-state index is 0.179. The number of carbonyl (C=O) groups is 3. The van der Waals surface area contributed by atoms with Crippen molar-refractivity contribution in [2.45, 2.75) is 0 Å². The summed E-state index contributed by atoms with van der Waals surface area (Å²) in [6, 6.07) is 14.3. The first-order valence-corrected chi connectivity index (χ1v) is 10.2. The van der Waals surface area contributed by atoms with Gasteiger partial charge >= 0.3 is 12.0 Å². The predicted molar refractivity (Wildman–Crippen MR) is 116 cm³/mol. The van der Waals surface area contributed by atoms with Crippen LogP contribution in [-0.4, -0.2) is 67.3 Å². The minimum Gasteiger partial charge on any atom is -0.454 e. The molecule has 2 aliphatic rings. The molecule has 4 rings (SSSR count). The maximum absolute atomic E-state index is 12.3. The molecule has 32 heavy (non-hydrogen) atoms. The lowest BCUT2D eigenvalue weighted by Gasteiger charge is -2.34.